The van der Waals surface area contributed by atoms with E-state index < -0.39 is 0 Å². The third-order valence-corrected chi connectivity index (χ3v) is 3.82. The number of aromatic nitrogens is 3. The van der Waals surface area contributed by atoms with E-state index in [0.717, 1.165) is 22.5 Å². The number of fused-ring (bicyclic) bond motifs is 2. The van der Waals surface area contributed by atoms with Crippen molar-refractivity contribution in [3.8, 4) is 17.2 Å². The predicted octanol–water partition coefficient (Wildman–Crippen LogP) is 2.65. The van der Waals surface area contributed by atoms with E-state index in [2.05, 4.69) is 9.97 Å². The fourth-order valence-electron chi connectivity index (χ4n) is 2.76. The van der Waals surface area contributed by atoms with Crippen molar-refractivity contribution >= 4 is 11.2 Å². The maximum Gasteiger partial charge on any atom is 0.203 e. The molecule has 1 aliphatic heterocycles. The summed E-state index contributed by atoms with van der Waals surface area (Å²) in [6.45, 7) is 3.14. The number of rotatable bonds is 3. The van der Waals surface area contributed by atoms with E-state index in [4.69, 9.17) is 14.2 Å². The number of imidazole rings is 1. The fourth-order valence-corrected chi connectivity index (χ4v) is 2.76. The van der Waals surface area contributed by atoms with Gasteiger partial charge < -0.3 is 18.8 Å². The van der Waals surface area contributed by atoms with Gasteiger partial charge in [0.1, 0.15) is 18.2 Å². The molecule has 1 atom stereocenters. The first kappa shape index (κ1) is 13.9. The van der Waals surface area contributed by atoms with Crippen LogP contribution in [0.2, 0.25) is 0 Å². The van der Waals surface area contributed by atoms with Crippen LogP contribution < -0.4 is 14.2 Å². The molecule has 0 fully saturated rings. The van der Waals surface area contributed by atoms with Crippen LogP contribution in [0.3, 0.4) is 0 Å². The van der Waals surface area contributed by atoms with Crippen LogP contribution in [0.5, 0.6) is 17.2 Å². The second kappa shape index (κ2) is 5.46. The molecule has 0 spiro atoms. The number of benzene rings is 1. The summed E-state index contributed by atoms with van der Waals surface area (Å²) >= 11 is 0. The molecule has 6 nitrogen and oxygen atoms in total. The summed E-state index contributed by atoms with van der Waals surface area (Å²) < 4.78 is 19.1. The van der Waals surface area contributed by atoms with Crippen molar-refractivity contribution in [3.05, 3.63) is 42.4 Å². The van der Waals surface area contributed by atoms with Gasteiger partial charge in [-0.25, -0.2) is 9.97 Å². The first-order valence-corrected chi connectivity index (χ1v) is 7.51. The molecule has 3 aromatic rings. The maximum absolute atomic E-state index is 5.88. The molecule has 0 amide bonds. The first-order valence-electron chi connectivity index (χ1n) is 7.51. The van der Waals surface area contributed by atoms with Crippen LogP contribution in [0, 0.1) is 0 Å². The predicted molar refractivity (Wildman–Crippen MR) is 85.2 cm³/mol. The Labute approximate surface area is 133 Å². The molecule has 4 rings (SSSR count). The highest BCUT2D eigenvalue weighted by Gasteiger charge is 2.22. The van der Waals surface area contributed by atoms with Crippen molar-refractivity contribution in [1.82, 2.24) is 14.5 Å². The van der Waals surface area contributed by atoms with Crippen LogP contribution in [0.4, 0.5) is 0 Å². The highest BCUT2D eigenvalue weighted by atomic mass is 16.6. The molecule has 2 aromatic heterocycles. The summed E-state index contributed by atoms with van der Waals surface area (Å²) in [6, 6.07) is 7.79. The average molecular weight is 311 g/mol. The highest BCUT2D eigenvalue weighted by molar-refractivity contribution is 5.70. The van der Waals surface area contributed by atoms with E-state index in [9.17, 15) is 0 Å². The summed E-state index contributed by atoms with van der Waals surface area (Å²) in [4.78, 5) is 8.76. The lowest BCUT2D eigenvalue weighted by Crippen LogP contribution is -2.26. The van der Waals surface area contributed by atoms with Gasteiger partial charge in [0.2, 0.25) is 5.75 Å². The quantitative estimate of drug-likeness (QED) is 0.744. The smallest absolute Gasteiger partial charge is 0.203 e. The molecule has 0 radical (unpaired) electrons. The van der Waals surface area contributed by atoms with Crippen molar-refractivity contribution in [2.75, 3.05) is 13.7 Å². The minimum absolute atomic E-state index is 0.0261. The summed E-state index contributed by atoms with van der Waals surface area (Å²) in [6.07, 6.45) is 3.59. The van der Waals surface area contributed by atoms with Crippen LogP contribution in [-0.4, -0.2) is 34.4 Å². The second-order valence-corrected chi connectivity index (χ2v) is 5.58. The topological polar surface area (TPSA) is 58.4 Å². The van der Waals surface area contributed by atoms with Gasteiger partial charge in [-0.05, 0) is 36.8 Å². The van der Waals surface area contributed by atoms with E-state index in [1.54, 1.807) is 19.6 Å². The van der Waals surface area contributed by atoms with E-state index in [1.807, 2.05) is 35.8 Å². The largest absolute Gasteiger partial charge is 0.493 e. The van der Waals surface area contributed by atoms with Gasteiger partial charge in [0.25, 0.3) is 0 Å². The normalized spacial score (nSPS) is 16.5. The maximum atomic E-state index is 5.88. The third-order valence-electron chi connectivity index (χ3n) is 3.82. The van der Waals surface area contributed by atoms with Crippen LogP contribution in [0.25, 0.3) is 11.2 Å². The zero-order valence-electron chi connectivity index (χ0n) is 13.0. The minimum Gasteiger partial charge on any atom is -0.493 e. The van der Waals surface area contributed by atoms with Crippen molar-refractivity contribution in [2.24, 2.45) is 0 Å². The van der Waals surface area contributed by atoms with Crippen LogP contribution >= 0.6 is 0 Å². The lowest BCUT2D eigenvalue weighted by Gasteiger charge is -2.26. The van der Waals surface area contributed by atoms with Gasteiger partial charge >= 0.3 is 0 Å². The summed E-state index contributed by atoms with van der Waals surface area (Å²) in [5, 5.41) is 0. The molecule has 6 heteroatoms. The van der Waals surface area contributed by atoms with E-state index in [1.165, 1.54) is 0 Å². The fraction of sp³-hybridized carbons (Fsp3) is 0.294. The average Bonchev–Trinajstić information content (AvgIpc) is 2.97. The number of hydrogen-bond acceptors (Lipinski definition) is 5. The second-order valence-electron chi connectivity index (χ2n) is 5.58. The molecule has 0 N–H and O–H groups in total. The Bertz CT molecular complexity index is 859. The molecule has 23 heavy (non-hydrogen) atoms. The standard InChI is InChI=1S/C17H17N3O3/c1-11-9-22-16-14(21-2)6-12(7-15(16)23-11)8-20-10-19-13-4-3-5-18-17(13)20/h3-7,10-11H,8-9H2,1-2H3/t11-/m0/s1. The van der Waals surface area contributed by atoms with Crippen molar-refractivity contribution in [3.63, 3.8) is 0 Å². The number of hydrogen-bond donors (Lipinski definition) is 0. The molecule has 1 aromatic carbocycles. The van der Waals surface area contributed by atoms with Crippen molar-refractivity contribution in [2.45, 2.75) is 19.6 Å². The monoisotopic (exact) mass is 311 g/mol. The van der Waals surface area contributed by atoms with Crippen molar-refractivity contribution in [1.29, 1.82) is 0 Å². The summed E-state index contributed by atoms with van der Waals surface area (Å²) in [5.74, 6) is 2.07. The molecule has 0 aliphatic carbocycles. The lowest BCUT2D eigenvalue weighted by atomic mass is 10.1. The SMILES string of the molecule is COc1cc(Cn2cnc3cccnc32)cc2c1OC[C@H](C)O2. The molecule has 0 saturated carbocycles. The molecule has 0 bridgehead atoms. The molecule has 1 aliphatic rings. The Balaban J connectivity index is 1.73. The Morgan fingerprint density at radius 3 is 3.13 bits per heavy atom. The molecule has 118 valence electrons. The Kier molecular flexibility index (Phi) is 3.29. The molecular weight excluding hydrogens is 294 g/mol. The lowest BCUT2D eigenvalue weighted by molar-refractivity contribution is 0.100. The number of ether oxygens (including phenoxy) is 3. The Morgan fingerprint density at radius 2 is 2.26 bits per heavy atom. The molecular formula is C17H17N3O3. The summed E-state index contributed by atoms with van der Waals surface area (Å²) in [7, 11) is 1.63. The van der Waals surface area contributed by atoms with E-state index in [0.29, 0.717) is 24.7 Å². The van der Waals surface area contributed by atoms with Crippen LogP contribution in [0.1, 0.15) is 12.5 Å². The molecule has 3 heterocycles. The molecule has 0 unspecified atom stereocenters. The van der Waals surface area contributed by atoms with E-state index in [-0.39, 0.29) is 6.10 Å². The first-order chi connectivity index (χ1) is 11.2. The Hall–Kier alpha value is -2.76. The van der Waals surface area contributed by atoms with Gasteiger partial charge in [0.15, 0.2) is 17.1 Å². The number of methoxy groups -OCH3 is 1. The van der Waals surface area contributed by atoms with Crippen molar-refractivity contribution < 1.29 is 14.2 Å². The summed E-state index contributed by atoms with van der Waals surface area (Å²) in [5.41, 5.74) is 2.78. The van der Waals surface area contributed by atoms with Gasteiger partial charge in [0.05, 0.1) is 20.0 Å². The Morgan fingerprint density at radius 1 is 1.35 bits per heavy atom. The van der Waals surface area contributed by atoms with Crippen LogP contribution in [0.15, 0.2) is 36.8 Å². The van der Waals surface area contributed by atoms with Gasteiger partial charge in [-0.1, -0.05) is 0 Å². The minimum atomic E-state index is 0.0261. The number of nitrogens with zero attached hydrogens (tertiary/aromatic N) is 3. The van der Waals surface area contributed by atoms with Crippen LogP contribution in [-0.2, 0) is 6.54 Å². The highest BCUT2D eigenvalue weighted by Crippen LogP contribution is 2.41. The van der Waals surface area contributed by atoms with E-state index >= 15 is 0 Å². The third kappa shape index (κ3) is 2.46. The van der Waals surface area contributed by atoms with Gasteiger partial charge in [-0.3, -0.25) is 0 Å². The zero-order valence-corrected chi connectivity index (χ0v) is 13.0. The number of pyridine rings is 1. The van der Waals surface area contributed by atoms with Gasteiger partial charge in [-0.15, -0.1) is 0 Å². The van der Waals surface area contributed by atoms with Gasteiger partial charge in [-0.2, -0.15) is 0 Å². The molecule has 0 saturated heterocycles. The van der Waals surface area contributed by atoms with Gasteiger partial charge in [0, 0.05) is 6.20 Å². The zero-order chi connectivity index (χ0) is 15.8.